The number of rotatable bonds is 2. The van der Waals surface area contributed by atoms with E-state index >= 15 is 0 Å². The number of nitrogens with one attached hydrogen (secondary N) is 1. The molecule has 1 aromatic heterocycles. The van der Waals surface area contributed by atoms with Gasteiger partial charge in [-0.3, -0.25) is 0 Å². The first-order valence-electron chi connectivity index (χ1n) is 9.96. The summed E-state index contributed by atoms with van der Waals surface area (Å²) in [7, 11) is 0. The van der Waals surface area contributed by atoms with Crippen molar-refractivity contribution in [1.82, 2.24) is 9.97 Å². The molecule has 31 heavy (non-hydrogen) atoms. The second kappa shape index (κ2) is 7.82. The first-order chi connectivity index (χ1) is 14.3. The van der Waals surface area contributed by atoms with Gasteiger partial charge in [-0.25, -0.2) is 9.37 Å². The molecule has 5 rings (SSSR count). The summed E-state index contributed by atoms with van der Waals surface area (Å²) < 4.78 is 55.6. The normalized spacial score (nSPS) is 18.0. The Labute approximate surface area is 182 Å². The average molecular weight is 454 g/mol. The van der Waals surface area contributed by atoms with Gasteiger partial charge in [-0.15, -0.1) is 12.4 Å². The fourth-order valence-electron chi connectivity index (χ4n) is 4.43. The summed E-state index contributed by atoms with van der Waals surface area (Å²) in [6.45, 7) is 0. The quantitative estimate of drug-likeness (QED) is 0.442. The second-order valence-electron chi connectivity index (χ2n) is 8.03. The van der Waals surface area contributed by atoms with E-state index in [1.165, 1.54) is 24.3 Å². The SMILES string of the molecule is Cl.Fc1ccccc1-c1cc(C(F)(F)F)c2nc(C3=NOC4(CCCCC4)C3)[nH]c2c1. The van der Waals surface area contributed by atoms with Gasteiger partial charge in [-0.2, -0.15) is 13.2 Å². The molecular weight excluding hydrogens is 434 g/mol. The van der Waals surface area contributed by atoms with Crippen molar-refractivity contribution in [1.29, 1.82) is 0 Å². The van der Waals surface area contributed by atoms with E-state index in [0.29, 0.717) is 12.1 Å². The van der Waals surface area contributed by atoms with Crippen molar-refractivity contribution in [3.63, 3.8) is 0 Å². The largest absolute Gasteiger partial charge is 0.418 e. The number of oxime groups is 1. The number of benzene rings is 2. The molecule has 4 nitrogen and oxygen atoms in total. The number of alkyl halides is 3. The fourth-order valence-corrected chi connectivity index (χ4v) is 4.43. The van der Waals surface area contributed by atoms with Gasteiger partial charge in [-0.1, -0.05) is 29.8 Å². The van der Waals surface area contributed by atoms with Crippen LogP contribution >= 0.6 is 12.4 Å². The van der Waals surface area contributed by atoms with E-state index in [4.69, 9.17) is 4.84 Å². The molecule has 0 radical (unpaired) electrons. The molecular formula is C22H20ClF4N3O. The van der Waals surface area contributed by atoms with Gasteiger partial charge >= 0.3 is 6.18 Å². The lowest BCUT2D eigenvalue weighted by molar-refractivity contribution is -0.136. The van der Waals surface area contributed by atoms with Crippen molar-refractivity contribution in [3.8, 4) is 11.1 Å². The molecule has 9 heteroatoms. The van der Waals surface area contributed by atoms with Gasteiger partial charge in [0.2, 0.25) is 0 Å². The minimum absolute atomic E-state index is 0. The molecule has 1 saturated carbocycles. The zero-order valence-corrected chi connectivity index (χ0v) is 17.2. The van der Waals surface area contributed by atoms with Gasteiger partial charge in [0, 0.05) is 12.0 Å². The van der Waals surface area contributed by atoms with Crippen LogP contribution in [0.4, 0.5) is 17.6 Å². The van der Waals surface area contributed by atoms with E-state index in [1.807, 2.05) is 0 Å². The number of aromatic amines is 1. The summed E-state index contributed by atoms with van der Waals surface area (Å²) in [5.41, 5.74) is -0.533. The minimum atomic E-state index is -4.63. The van der Waals surface area contributed by atoms with Gasteiger partial charge in [-0.05, 0) is 49.4 Å². The lowest BCUT2D eigenvalue weighted by Crippen LogP contribution is -2.31. The summed E-state index contributed by atoms with van der Waals surface area (Å²) in [6.07, 6.45) is 0.898. The average Bonchev–Trinajstić information content (AvgIpc) is 3.32. The van der Waals surface area contributed by atoms with Gasteiger partial charge in [0.1, 0.15) is 22.6 Å². The molecule has 1 fully saturated rings. The summed E-state index contributed by atoms with van der Waals surface area (Å²) in [4.78, 5) is 12.9. The van der Waals surface area contributed by atoms with Gasteiger partial charge in [0.15, 0.2) is 5.82 Å². The van der Waals surface area contributed by atoms with Crippen LogP contribution in [0.1, 0.15) is 49.9 Å². The van der Waals surface area contributed by atoms with E-state index in [-0.39, 0.29) is 46.0 Å². The number of hydrogen-bond acceptors (Lipinski definition) is 3. The number of fused-ring (bicyclic) bond motifs is 1. The van der Waals surface area contributed by atoms with Crippen LogP contribution in [0.15, 0.2) is 41.6 Å². The third-order valence-corrected chi connectivity index (χ3v) is 5.95. The Balaban J connectivity index is 0.00000231. The zero-order valence-electron chi connectivity index (χ0n) is 16.4. The highest BCUT2D eigenvalue weighted by atomic mass is 35.5. The Morgan fingerprint density at radius 3 is 2.48 bits per heavy atom. The van der Waals surface area contributed by atoms with Crippen molar-refractivity contribution in [2.24, 2.45) is 5.16 Å². The second-order valence-corrected chi connectivity index (χ2v) is 8.03. The molecule has 164 valence electrons. The predicted molar refractivity (Wildman–Crippen MR) is 112 cm³/mol. The Hall–Kier alpha value is -2.61. The molecule has 2 aromatic carbocycles. The van der Waals surface area contributed by atoms with Gasteiger partial charge < -0.3 is 9.82 Å². The lowest BCUT2D eigenvalue weighted by atomic mass is 9.81. The molecule has 1 aliphatic heterocycles. The molecule has 0 unspecified atom stereocenters. The standard InChI is InChI=1S/C22H19F4N3O.ClH/c23-16-7-3-2-6-14(16)13-10-15(22(24,25)26)19-17(11-13)27-20(28-19)18-12-21(30-29-18)8-4-1-5-9-21;/h2-3,6-7,10-11H,1,4-5,8-9,12H2,(H,27,28);1H. The minimum Gasteiger partial charge on any atom is -0.388 e. The van der Waals surface area contributed by atoms with Crippen molar-refractivity contribution >= 4 is 29.2 Å². The highest BCUT2D eigenvalue weighted by molar-refractivity contribution is 6.01. The summed E-state index contributed by atoms with van der Waals surface area (Å²) in [5.74, 6) is -0.318. The van der Waals surface area contributed by atoms with Crippen LogP contribution in [0.3, 0.4) is 0 Å². The first-order valence-corrected chi connectivity index (χ1v) is 9.96. The van der Waals surface area contributed by atoms with Gasteiger partial charge in [0.25, 0.3) is 0 Å². The lowest BCUT2D eigenvalue weighted by Gasteiger charge is -2.30. The molecule has 3 aromatic rings. The molecule has 0 amide bonds. The Bertz CT molecular complexity index is 1150. The molecule has 2 heterocycles. The number of aromatic nitrogens is 2. The Kier molecular flexibility index (Phi) is 5.45. The number of H-pyrrole nitrogens is 1. The first kappa shape index (κ1) is 21.6. The monoisotopic (exact) mass is 453 g/mol. The van der Waals surface area contributed by atoms with Crippen LogP contribution in [0.25, 0.3) is 22.2 Å². The molecule has 1 spiro atoms. The third kappa shape index (κ3) is 3.89. The summed E-state index contributed by atoms with van der Waals surface area (Å²) in [6, 6.07) is 8.19. The highest BCUT2D eigenvalue weighted by Gasteiger charge is 2.42. The topological polar surface area (TPSA) is 50.3 Å². The van der Waals surface area contributed by atoms with E-state index in [0.717, 1.165) is 38.2 Å². The van der Waals surface area contributed by atoms with Gasteiger partial charge in [0.05, 0.1) is 11.1 Å². The third-order valence-electron chi connectivity index (χ3n) is 5.95. The van der Waals surface area contributed by atoms with Crippen molar-refractivity contribution in [3.05, 3.63) is 53.6 Å². The van der Waals surface area contributed by atoms with E-state index < -0.39 is 17.6 Å². The Morgan fingerprint density at radius 1 is 1.03 bits per heavy atom. The van der Waals surface area contributed by atoms with E-state index in [9.17, 15) is 17.6 Å². The fraction of sp³-hybridized carbons (Fsp3) is 0.364. The maximum absolute atomic E-state index is 14.2. The molecule has 1 aliphatic carbocycles. The molecule has 2 aliphatic rings. The highest BCUT2D eigenvalue weighted by Crippen LogP contribution is 2.41. The van der Waals surface area contributed by atoms with Crippen molar-refractivity contribution < 1.29 is 22.4 Å². The predicted octanol–water partition coefficient (Wildman–Crippen LogP) is 6.64. The zero-order chi connectivity index (χ0) is 20.9. The van der Waals surface area contributed by atoms with Crippen LogP contribution in [-0.2, 0) is 11.0 Å². The van der Waals surface area contributed by atoms with Crippen LogP contribution in [-0.4, -0.2) is 21.3 Å². The van der Waals surface area contributed by atoms with E-state index in [2.05, 4.69) is 15.1 Å². The number of imidazole rings is 1. The van der Waals surface area contributed by atoms with Crippen molar-refractivity contribution in [2.75, 3.05) is 0 Å². The molecule has 0 bridgehead atoms. The van der Waals surface area contributed by atoms with Crippen LogP contribution in [0, 0.1) is 5.82 Å². The number of halogens is 5. The van der Waals surface area contributed by atoms with Crippen molar-refractivity contribution in [2.45, 2.75) is 50.3 Å². The maximum Gasteiger partial charge on any atom is 0.418 e. The van der Waals surface area contributed by atoms with Crippen LogP contribution in [0.5, 0.6) is 0 Å². The maximum atomic E-state index is 14.2. The summed E-state index contributed by atoms with van der Waals surface area (Å²) >= 11 is 0. The number of nitrogens with zero attached hydrogens (tertiary/aromatic N) is 2. The summed E-state index contributed by atoms with van der Waals surface area (Å²) in [5, 5.41) is 4.15. The molecule has 1 N–H and O–H groups in total. The molecule has 0 atom stereocenters. The van der Waals surface area contributed by atoms with E-state index in [1.54, 1.807) is 6.07 Å². The molecule has 0 saturated heterocycles. The van der Waals surface area contributed by atoms with Crippen LogP contribution in [0.2, 0.25) is 0 Å². The Morgan fingerprint density at radius 2 is 1.77 bits per heavy atom. The van der Waals surface area contributed by atoms with Crippen LogP contribution < -0.4 is 0 Å². The number of hydrogen-bond donors (Lipinski definition) is 1. The smallest absolute Gasteiger partial charge is 0.388 e.